The number of terminal acetylenes is 1. The fourth-order valence-corrected chi connectivity index (χ4v) is 1.41. The van der Waals surface area contributed by atoms with E-state index >= 15 is 0 Å². The monoisotopic (exact) mass is 201 g/mol. The largest absolute Gasteiger partial charge is 0.346 e. The van der Waals surface area contributed by atoms with Crippen LogP contribution in [0.3, 0.4) is 0 Å². The molecule has 0 spiro atoms. The Bertz CT molecular complexity index is 498. The zero-order valence-corrected chi connectivity index (χ0v) is 8.42. The standard InChI is InChI=1S/C11H11N3O/c1-3-11(15-4-2)14-10-8-6-5-7-9(10)12-13-14/h1,5-8,11H,4H2,2H3/t11-/m0/s1. The van der Waals surface area contributed by atoms with Gasteiger partial charge in [-0.2, -0.15) is 0 Å². The van der Waals surface area contributed by atoms with E-state index in [-0.39, 0.29) is 0 Å². The normalized spacial score (nSPS) is 12.5. The molecule has 4 heteroatoms. The lowest BCUT2D eigenvalue weighted by atomic mass is 10.3. The highest BCUT2D eigenvalue weighted by molar-refractivity contribution is 5.74. The van der Waals surface area contributed by atoms with Gasteiger partial charge in [-0.05, 0) is 19.1 Å². The molecule has 2 rings (SSSR count). The van der Waals surface area contributed by atoms with Crippen LogP contribution in [-0.4, -0.2) is 21.6 Å². The minimum Gasteiger partial charge on any atom is -0.346 e. The molecule has 0 N–H and O–H groups in total. The highest BCUT2D eigenvalue weighted by Gasteiger charge is 2.11. The Labute approximate surface area is 87.8 Å². The molecule has 4 nitrogen and oxygen atoms in total. The molecule has 0 aliphatic heterocycles. The zero-order valence-electron chi connectivity index (χ0n) is 8.42. The Balaban J connectivity index is 2.47. The lowest BCUT2D eigenvalue weighted by molar-refractivity contribution is 0.0472. The molecular weight excluding hydrogens is 190 g/mol. The fourth-order valence-electron chi connectivity index (χ4n) is 1.41. The maximum atomic E-state index is 5.38. The molecule has 76 valence electrons. The molecule has 0 radical (unpaired) electrons. The summed E-state index contributed by atoms with van der Waals surface area (Å²) in [6.45, 7) is 2.44. The van der Waals surface area contributed by atoms with Crippen molar-refractivity contribution in [1.82, 2.24) is 15.0 Å². The number of hydrogen-bond donors (Lipinski definition) is 0. The van der Waals surface area contributed by atoms with Crippen molar-refractivity contribution in [2.45, 2.75) is 13.2 Å². The van der Waals surface area contributed by atoms with Crippen LogP contribution in [0.1, 0.15) is 13.2 Å². The first kappa shape index (κ1) is 9.69. The molecule has 1 heterocycles. The van der Waals surface area contributed by atoms with Gasteiger partial charge in [0, 0.05) is 6.61 Å². The average molecular weight is 201 g/mol. The summed E-state index contributed by atoms with van der Waals surface area (Å²) >= 11 is 0. The summed E-state index contributed by atoms with van der Waals surface area (Å²) in [5.74, 6) is 2.54. The summed E-state index contributed by atoms with van der Waals surface area (Å²) in [6, 6.07) is 7.63. The van der Waals surface area contributed by atoms with Gasteiger partial charge in [-0.25, -0.2) is 4.68 Å². The first-order valence-corrected chi connectivity index (χ1v) is 4.74. The van der Waals surface area contributed by atoms with Gasteiger partial charge in [0.2, 0.25) is 6.23 Å². The van der Waals surface area contributed by atoms with Crippen LogP contribution in [0.4, 0.5) is 0 Å². The van der Waals surface area contributed by atoms with Crippen molar-refractivity contribution < 1.29 is 4.74 Å². The lowest BCUT2D eigenvalue weighted by Gasteiger charge is -2.10. The van der Waals surface area contributed by atoms with Gasteiger partial charge >= 0.3 is 0 Å². The van der Waals surface area contributed by atoms with Gasteiger partial charge in [0.25, 0.3) is 0 Å². The van der Waals surface area contributed by atoms with Crippen LogP contribution in [0.5, 0.6) is 0 Å². The molecule has 0 saturated heterocycles. The average Bonchev–Trinajstić information content (AvgIpc) is 2.70. The van der Waals surface area contributed by atoms with Gasteiger partial charge < -0.3 is 4.74 Å². The van der Waals surface area contributed by atoms with Crippen molar-refractivity contribution in [2.24, 2.45) is 0 Å². The van der Waals surface area contributed by atoms with Crippen LogP contribution in [-0.2, 0) is 4.74 Å². The molecule has 0 saturated carbocycles. The SMILES string of the molecule is C#C[C@H](OCC)n1nnc2ccccc21. The second-order valence-corrected chi connectivity index (χ2v) is 3.00. The van der Waals surface area contributed by atoms with Gasteiger partial charge in [0.05, 0.1) is 5.52 Å². The van der Waals surface area contributed by atoms with Crippen molar-refractivity contribution in [2.75, 3.05) is 6.61 Å². The first-order chi connectivity index (χ1) is 7.36. The molecule has 0 aliphatic carbocycles. The third-order valence-electron chi connectivity index (χ3n) is 2.07. The van der Waals surface area contributed by atoms with Crippen molar-refractivity contribution in [3.05, 3.63) is 24.3 Å². The van der Waals surface area contributed by atoms with Crippen molar-refractivity contribution >= 4 is 11.0 Å². The Kier molecular flexibility index (Phi) is 2.66. The molecule has 1 aromatic heterocycles. The van der Waals surface area contributed by atoms with Gasteiger partial charge in [-0.15, -0.1) is 11.5 Å². The number of benzene rings is 1. The summed E-state index contributed by atoms with van der Waals surface area (Å²) in [4.78, 5) is 0. The number of hydrogen-bond acceptors (Lipinski definition) is 3. The predicted octanol–water partition coefficient (Wildman–Crippen LogP) is 1.60. The first-order valence-electron chi connectivity index (χ1n) is 4.74. The van der Waals surface area contributed by atoms with Crippen LogP contribution < -0.4 is 0 Å². The van der Waals surface area contributed by atoms with Crippen LogP contribution in [0.2, 0.25) is 0 Å². The Morgan fingerprint density at radius 1 is 1.53 bits per heavy atom. The van der Waals surface area contributed by atoms with Crippen molar-refractivity contribution in [1.29, 1.82) is 0 Å². The number of aromatic nitrogens is 3. The quantitative estimate of drug-likeness (QED) is 0.708. The van der Waals surface area contributed by atoms with E-state index in [1.54, 1.807) is 4.68 Å². The van der Waals surface area contributed by atoms with E-state index in [1.165, 1.54) is 0 Å². The van der Waals surface area contributed by atoms with E-state index in [4.69, 9.17) is 11.2 Å². The molecule has 15 heavy (non-hydrogen) atoms. The number of nitrogens with zero attached hydrogens (tertiary/aromatic N) is 3. The molecular formula is C11H11N3O. The molecule has 0 aliphatic rings. The van der Waals surface area contributed by atoms with Gasteiger partial charge in [-0.3, -0.25) is 0 Å². The second-order valence-electron chi connectivity index (χ2n) is 3.00. The molecule has 0 amide bonds. The molecule has 0 fully saturated rings. The molecule has 1 atom stereocenters. The highest BCUT2D eigenvalue weighted by Crippen LogP contribution is 2.15. The van der Waals surface area contributed by atoms with E-state index in [1.807, 2.05) is 31.2 Å². The van der Waals surface area contributed by atoms with Crippen molar-refractivity contribution in [3.8, 4) is 12.3 Å². The molecule has 2 aromatic rings. The van der Waals surface area contributed by atoms with Gasteiger partial charge in [0.1, 0.15) is 5.52 Å². The topological polar surface area (TPSA) is 39.9 Å². The van der Waals surface area contributed by atoms with Crippen molar-refractivity contribution in [3.63, 3.8) is 0 Å². The maximum absolute atomic E-state index is 5.38. The van der Waals surface area contributed by atoms with Crippen LogP contribution in [0, 0.1) is 12.3 Å². The summed E-state index contributed by atoms with van der Waals surface area (Å²) in [5, 5.41) is 7.99. The number of rotatable bonds is 3. The molecule has 0 bridgehead atoms. The number of para-hydroxylation sites is 1. The predicted molar refractivity (Wildman–Crippen MR) is 57.0 cm³/mol. The van der Waals surface area contributed by atoms with E-state index in [2.05, 4.69) is 16.2 Å². The van der Waals surface area contributed by atoms with E-state index in [0.29, 0.717) is 6.61 Å². The van der Waals surface area contributed by atoms with E-state index < -0.39 is 6.23 Å². The van der Waals surface area contributed by atoms with E-state index in [0.717, 1.165) is 11.0 Å². The summed E-state index contributed by atoms with van der Waals surface area (Å²) in [5.41, 5.74) is 1.70. The molecule has 1 aromatic carbocycles. The Hall–Kier alpha value is -1.86. The third-order valence-corrected chi connectivity index (χ3v) is 2.07. The number of fused-ring (bicyclic) bond motifs is 1. The zero-order chi connectivity index (χ0) is 10.7. The van der Waals surface area contributed by atoms with Crippen LogP contribution in [0.15, 0.2) is 24.3 Å². The number of ether oxygens (including phenoxy) is 1. The van der Waals surface area contributed by atoms with Crippen LogP contribution >= 0.6 is 0 Å². The lowest BCUT2D eigenvalue weighted by Crippen LogP contribution is -2.12. The molecule has 0 unspecified atom stereocenters. The highest BCUT2D eigenvalue weighted by atomic mass is 16.5. The smallest absolute Gasteiger partial charge is 0.215 e. The van der Waals surface area contributed by atoms with Gasteiger partial charge in [0.15, 0.2) is 0 Å². The minimum absolute atomic E-state index is 0.484. The van der Waals surface area contributed by atoms with Gasteiger partial charge in [-0.1, -0.05) is 23.3 Å². The Morgan fingerprint density at radius 3 is 3.07 bits per heavy atom. The maximum Gasteiger partial charge on any atom is 0.215 e. The summed E-state index contributed by atoms with van der Waals surface area (Å²) in [7, 11) is 0. The summed E-state index contributed by atoms with van der Waals surface area (Å²) in [6.07, 6.45) is 4.89. The summed E-state index contributed by atoms with van der Waals surface area (Å²) < 4.78 is 6.98. The van der Waals surface area contributed by atoms with Crippen LogP contribution in [0.25, 0.3) is 11.0 Å². The minimum atomic E-state index is -0.484. The second kappa shape index (κ2) is 4.11. The fraction of sp³-hybridized carbons (Fsp3) is 0.273. The Morgan fingerprint density at radius 2 is 2.33 bits per heavy atom. The van der Waals surface area contributed by atoms with E-state index in [9.17, 15) is 0 Å². The third kappa shape index (κ3) is 1.69.